The highest BCUT2D eigenvalue weighted by molar-refractivity contribution is 8.01. The molecule has 2 rings (SSSR count). The van der Waals surface area contributed by atoms with Crippen molar-refractivity contribution in [2.75, 3.05) is 0 Å². The van der Waals surface area contributed by atoms with Crippen molar-refractivity contribution in [2.45, 2.75) is 23.2 Å². The zero-order chi connectivity index (χ0) is 14.2. The quantitative estimate of drug-likeness (QED) is 0.933. The average Bonchev–Trinajstić information content (AvgIpc) is 2.81. The van der Waals surface area contributed by atoms with Crippen LogP contribution in [0.15, 0.2) is 9.37 Å². The number of aromatic carboxylic acids is 1. The van der Waals surface area contributed by atoms with Gasteiger partial charge < -0.3 is 5.11 Å². The minimum atomic E-state index is -0.983. The highest BCUT2D eigenvalue weighted by atomic mass is 32.2. The summed E-state index contributed by atoms with van der Waals surface area (Å²) in [6.07, 6.45) is 0. The van der Waals surface area contributed by atoms with Crippen molar-refractivity contribution in [3.8, 4) is 6.07 Å². The number of hydrogen-bond donors (Lipinski definition) is 1. The molecule has 0 amide bonds. The number of hydrogen-bond acceptors (Lipinski definition) is 6. The Morgan fingerprint density at radius 1 is 1.47 bits per heavy atom. The van der Waals surface area contributed by atoms with E-state index >= 15 is 0 Å². The van der Waals surface area contributed by atoms with E-state index in [1.165, 1.54) is 11.8 Å². The lowest BCUT2D eigenvalue weighted by molar-refractivity contribution is 0.0701. The topological polar surface area (TPSA) is 91.8 Å². The molecule has 0 saturated carbocycles. The van der Waals surface area contributed by atoms with E-state index in [2.05, 4.69) is 16.2 Å². The maximum atomic E-state index is 11.0. The summed E-state index contributed by atoms with van der Waals surface area (Å²) in [6, 6.07) is 2.11. The van der Waals surface area contributed by atoms with Crippen molar-refractivity contribution in [3.05, 3.63) is 21.8 Å². The van der Waals surface area contributed by atoms with Crippen LogP contribution in [-0.2, 0) is 7.05 Å². The maximum Gasteiger partial charge on any atom is 0.347 e. The molecule has 2 aromatic heterocycles. The van der Waals surface area contributed by atoms with E-state index in [-0.39, 0.29) is 4.88 Å². The van der Waals surface area contributed by atoms with E-state index in [1.807, 2.05) is 0 Å². The van der Waals surface area contributed by atoms with Crippen LogP contribution < -0.4 is 0 Å². The normalized spacial score (nSPS) is 10.4. The van der Waals surface area contributed by atoms with Crippen LogP contribution in [0.25, 0.3) is 0 Å². The fourth-order valence-electron chi connectivity index (χ4n) is 1.58. The van der Waals surface area contributed by atoms with E-state index < -0.39 is 5.97 Å². The largest absolute Gasteiger partial charge is 0.477 e. The molecule has 0 radical (unpaired) electrons. The number of carboxylic acids is 1. The van der Waals surface area contributed by atoms with Gasteiger partial charge in [-0.1, -0.05) is 11.3 Å². The van der Waals surface area contributed by atoms with Crippen LogP contribution in [0.3, 0.4) is 0 Å². The van der Waals surface area contributed by atoms with E-state index in [4.69, 9.17) is 10.4 Å². The van der Waals surface area contributed by atoms with Gasteiger partial charge in [-0.15, -0.1) is 0 Å². The number of carbonyl (C=O) groups is 1. The molecule has 0 unspecified atom stereocenters. The van der Waals surface area contributed by atoms with Crippen molar-refractivity contribution < 1.29 is 9.90 Å². The summed E-state index contributed by atoms with van der Waals surface area (Å²) in [5.74, 6) is -0.983. The lowest BCUT2D eigenvalue weighted by atomic mass is 10.3. The predicted molar refractivity (Wildman–Crippen MR) is 70.6 cm³/mol. The van der Waals surface area contributed by atoms with Crippen molar-refractivity contribution in [3.63, 3.8) is 0 Å². The van der Waals surface area contributed by atoms with Gasteiger partial charge in [-0.3, -0.25) is 4.68 Å². The molecule has 19 heavy (non-hydrogen) atoms. The molecule has 0 aliphatic rings. The first-order chi connectivity index (χ1) is 8.93. The zero-order valence-electron chi connectivity index (χ0n) is 10.5. The Balaban J connectivity index is 2.40. The van der Waals surface area contributed by atoms with Crippen molar-refractivity contribution in [2.24, 2.45) is 7.05 Å². The maximum absolute atomic E-state index is 11.0. The molecule has 0 aliphatic carbocycles. The number of thiazole rings is 1. The predicted octanol–water partition coefficient (Wildman–Crippen LogP) is 2.21. The number of aryl methyl sites for hydroxylation is 3. The first-order valence-electron chi connectivity index (χ1n) is 5.26. The molecular weight excluding hydrogens is 284 g/mol. The van der Waals surface area contributed by atoms with Crippen LogP contribution in [0.2, 0.25) is 0 Å². The molecular formula is C11H10N4O2S2. The van der Waals surface area contributed by atoms with Gasteiger partial charge in [0.25, 0.3) is 0 Å². The van der Waals surface area contributed by atoms with Gasteiger partial charge in [0, 0.05) is 7.05 Å². The first-order valence-corrected chi connectivity index (χ1v) is 6.89. The smallest absolute Gasteiger partial charge is 0.347 e. The highest BCUT2D eigenvalue weighted by Crippen LogP contribution is 2.35. The van der Waals surface area contributed by atoms with Crippen LogP contribution in [0, 0.1) is 25.2 Å². The Morgan fingerprint density at radius 3 is 2.68 bits per heavy atom. The third kappa shape index (κ3) is 2.47. The summed E-state index contributed by atoms with van der Waals surface area (Å²) in [7, 11) is 1.74. The lowest BCUT2D eigenvalue weighted by Crippen LogP contribution is -1.94. The van der Waals surface area contributed by atoms with Crippen LogP contribution >= 0.6 is 23.1 Å². The minimum absolute atomic E-state index is 0.222. The van der Waals surface area contributed by atoms with Gasteiger partial charge in [-0.2, -0.15) is 10.4 Å². The van der Waals surface area contributed by atoms with Gasteiger partial charge in [0.2, 0.25) is 0 Å². The van der Waals surface area contributed by atoms with E-state index in [0.29, 0.717) is 26.3 Å². The summed E-state index contributed by atoms with van der Waals surface area (Å²) < 4.78 is 2.20. The summed E-state index contributed by atoms with van der Waals surface area (Å²) in [4.78, 5) is 15.4. The zero-order valence-corrected chi connectivity index (χ0v) is 12.1. The van der Waals surface area contributed by atoms with Gasteiger partial charge >= 0.3 is 5.97 Å². The molecule has 0 saturated heterocycles. The summed E-state index contributed by atoms with van der Waals surface area (Å²) in [5, 5.41) is 23.0. The molecule has 98 valence electrons. The van der Waals surface area contributed by atoms with Gasteiger partial charge in [0.15, 0.2) is 4.34 Å². The van der Waals surface area contributed by atoms with E-state index in [9.17, 15) is 4.79 Å². The second-order valence-electron chi connectivity index (χ2n) is 3.80. The molecule has 8 heteroatoms. The Bertz CT molecular complexity index is 696. The molecule has 0 spiro atoms. The number of carboxylic acid groups (broad SMARTS) is 1. The van der Waals surface area contributed by atoms with Gasteiger partial charge in [0.1, 0.15) is 21.5 Å². The van der Waals surface area contributed by atoms with Crippen LogP contribution in [0.4, 0.5) is 0 Å². The number of aromatic nitrogens is 3. The number of nitrogens with zero attached hydrogens (tertiary/aromatic N) is 4. The Morgan fingerprint density at radius 2 is 2.16 bits per heavy atom. The first kappa shape index (κ1) is 13.6. The standard InChI is InChI=1S/C11H10N4O2S2/c1-5-7(4-12)9(15(3)14-5)19-11-13-6(2)8(18-11)10(16)17/h1-3H3,(H,16,17). The molecule has 1 N–H and O–H groups in total. The van der Waals surface area contributed by atoms with Crippen LogP contribution in [-0.4, -0.2) is 25.8 Å². The minimum Gasteiger partial charge on any atom is -0.477 e. The van der Waals surface area contributed by atoms with Crippen molar-refractivity contribution >= 4 is 29.1 Å². The highest BCUT2D eigenvalue weighted by Gasteiger charge is 2.19. The fourth-order valence-corrected chi connectivity index (χ4v) is 3.69. The monoisotopic (exact) mass is 294 g/mol. The average molecular weight is 294 g/mol. The number of rotatable bonds is 3. The fraction of sp³-hybridized carbons (Fsp3) is 0.273. The Kier molecular flexibility index (Phi) is 3.59. The Hall–Kier alpha value is -1.85. The Labute approximate surface area is 117 Å². The van der Waals surface area contributed by atoms with E-state index in [1.54, 1.807) is 25.6 Å². The molecule has 6 nitrogen and oxygen atoms in total. The van der Waals surface area contributed by atoms with Gasteiger partial charge in [-0.25, -0.2) is 9.78 Å². The van der Waals surface area contributed by atoms with Gasteiger partial charge in [0.05, 0.1) is 11.4 Å². The molecule has 0 aromatic carbocycles. The van der Waals surface area contributed by atoms with Gasteiger partial charge in [-0.05, 0) is 25.6 Å². The van der Waals surface area contributed by atoms with Crippen molar-refractivity contribution in [1.29, 1.82) is 5.26 Å². The van der Waals surface area contributed by atoms with E-state index in [0.717, 1.165) is 11.3 Å². The molecule has 0 atom stereocenters. The lowest BCUT2D eigenvalue weighted by Gasteiger charge is -1.98. The number of nitriles is 1. The van der Waals surface area contributed by atoms with Crippen LogP contribution in [0.1, 0.15) is 26.6 Å². The third-order valence-electron chi connectivity index (χ3n) is 2.44. The summed E-state index contributed by atoms with van der Waals surface area (Å²) in [6.45, 7) is 3.42. The van der Waals surface area contributed by atoms with Crippen LogP contribution in [0.5, 0.6) is 0 Å². The SMILES string of the molecule is Cc1nc(Sc2c(C#N)c(C)nn2C)sc1C(=O)O. The molecule has 2 heterocycles. The summed E-state index contributed by atoms with van der Waals surface area (Å²) >= 11 is 2.36. The molecule has 0 fully saturated rings. The molecule has 2 aromatic rings. The second-order valence-corrected chi connectivity index (χ2v) is 6.04. The third-order valence-corrected chi connectivity index (χ3v) is 4.80. The summed E-state index contributed by atoms with van der Waals surface area (Å²) in [5.41, 5.74) is 1.63. The molecule has 0 aliphatic heterocycles. The second kappa shape index (κ2) is 5.03. The molecule has 0 bridgehead atoms. The van der Waals surface area contributed by atoms with Crippen molar-refractivity contribution in [1.82, 2.24) is 14.8 Å².